The second-order valence-electron chi connectivity index (χ2n) is 5.36. The monoisotopic (exact) mass is 352 g/mol. The topological polar surface area (TPSA) is 76.1 Å². The van der Waals surface area contributed by atoms with Crippen LogP contribution in [0.25, 0.3) is 0 Å². The highest BCUT2D eigenvalue weighted by Crippen LogP contribution is 2.25. The SMILES string of the molecule is COc1ccccc1Nc1nccc(C(=O)NCc2ccccc2F)n1. The van der Waals surface area contributed by atoms with E-state index in [2.05, 4.69) is 20.6 Å². The molecule has 0 fully saturated rings. The van der Waals surface area contributed by atoms with E-state index in [1.54, 1.807) is 31.4 Å². The summed E-state index contributed by atoms with van der Waals surface area (Å²) in [6.45, 7) is 0.0742. The maximum atomic E-state index is 13.6. The molecule has 0 spiro atoms. The molecule has 26 heavy (non-hydrogen) atoms. The zero-order chi connectivity index (χ0) is 18.4. The second-order valence-corrected chi connectivity index (χ2v) is 5.36. The molecule has 132 valence electrons. The van der Waals surface area contributed by atoms with Crippen LogP contribution in [0.4, 0.5) is 16.0 Å². The minimum absolute atomic E-state index is 0.0742. The number of methoxy groups -OCH3 is 1. The molecule has 2 aromatic carbocycles. The minimum Gasteiger partial charge on any atom is -0.495 e. The molecular weight excluding hydrogens is 335 g/mol. The van der Waals surface area contributed by atoms with E-state index in [9.17, 15) is 9.18 Å². The Morgan fingerprint density at radius 2 is 1.88 bits per heavy atom. The molecule has 1 amide bonds. The predicted octanol–water partition coefficient (Wildman–Crippen LogP) is 3.30. The predicted molar refractivity (Wildman–Crippen MR) is 95.9 cm³/mol. The number of anilines is 2. The number of benzene rings is 2. The van der Waals surface area contributed by atoms with Gasteiger partial charge in [0.2, 0.25) is 5.95 Å². The highest BCUT2D eigenvalue weighted by atomic mass is 19.1. The van der Waals surface area contributed by atoms with Gasteiger partial charge in [-0.1, -0.05) is 30.3 Å². The molecule has 3 aromatic rings. The van der Waals surface area contributed by atoms with Gasteiger partial charge in [-0.3, -0.25) is 4.79 Å². The first-order valence-electron chi connectivity index (χ1n) is 7.92. The lowest BCUT2D eigenvalue weighted by molar-refractivity contribution is 0.0945. The molecule has 0 aliphatic heterocycles. The Balaban J connectivity index is 1.70. The maximum absolute atomic E-state index is 13.6. The molecule has 0 atom stereocenters. The molecule has 0 unspecified atom stereocenters. The molecule has 0 bridgehead atoms. The number of hydrogen-bond acceptors (Lipinski definition) is 5. The van der Waals surface area contributed by atoms with Gasteiger partial charge >= 0.3 is 0 Å². The smallest absolute Gasteiger partial charge is 0.270 e. The lowest BCUT2D eigenvalue weighted by Crippen LogP contribution is -2.24. The zero-order valence-electron chi connectivity index (χ0n) is 14.1. The number of rotatable bonds is 6. The number of nitrogens with one attached hydrogen (secondary N) is 2. The van der Waals surface area contributed by atoms with Crippen molar-refractivity contribution in [3.05, 3.63) is 77.9 Å². The van der Waals surface area contributed by atoms with Crippen molar-refractivity contribution in [2.75, 3.05) is 12.4 Å². The van der Waals surface area contributed by atoms with E-state index < -0.39 is 5.91 Å². The first-order chi connectivity index (χ1) is 12.7. The summed E-state index contributed by atoms with van der Waals surface area (Å²) in [5.41, 5.74) is 1.26. The van der Waals surface area contributed by atoms with Gasteiger partial charge in [0.05, 0.1) is 12.8 Å². The van der Waals surface area contributed by atoms with Crippen LogP contribution in [0, 0.1) is 5.82 Å². The minimum atomic E-state index is -0.418. The van der Waals surface area contributed by atoms with E-state index in [1.165, 1.54) is 18.3 Å². The van der Waals surface area contributed by atoms with E-state index in [0.29, 0.717) is 17.0 Å². The number of halogens is 1. The standard InChI is InChI=1S/C19H17FN4O2/c1-26-17-9-5-4-8-15(17)23-19-21-11-10-16(24-19)18(25)22-12-13-6-2-3-7-14(13)20/h2-11H,12H2,1H3,(H,22,25)(H,21,23,24). The molecule has 2 N–H and O–H groups in total. The van der Waals surface area contributed by atoms with Crippen LogP contribution in [0.1, 0.15) is 16.1 Å². The van der Waals surface area contributed by atoms with E-state index >= 15 is 0 Å². The van der Waals surface area contributed by atoms with Gasteiger partial charge in [-0.05, 0) is 24.3 Å². The van der Waals surface area contributed by atoms with Gasteiger partial charge in [-0.2, -0.15) is 0 Å². The van der Waals surface area contributed by atoms with Crippen LogP contribution in [-0.2, 0) is 6.54 Å². The number of para-hydroxylation sites is 2. The van der Waals surface area contributed by atoms with Crippen molar-refractivity contribution in [2.24, 2.45) is 0 Å². The normalized spacial score (nSPS) is 10.2. The molecular formula is C19H17FN4O2. The van der Waals surface area contributed by atoms with Crippen LogP contribution in [0.3, 0.4) is 0 Å². The van der Waals surface area contributed by atoms with E-state index in [1.807, 2.05) is 18.2 Å². The van der Waals surface area contributed by atoms with E-state index in [0.717, 1.165) is 0 Å². The number of ether oxygens (including phenoxy) is 1. The van der Waals surface area contributed by atoms with Gasteiger partial charge < -0.3 is 15.4 Å². The Morgan fingerprint density at radius 3 is 2.69 bits per heavy atom. The van der Waals surface area contributed by atoms with Crippen molar-refractivity contribution in [2.45, 2.75) is 6.54 Å². The Morgan fingerprint density at radius 1 is 1.12 bits per heavy atom. The number of carbonyl (C=O) groups excluding carboxylic acids is 1. The fourth-order valence-electron chi connectivity index (χ4n) is 2.32. The van der Waals surface area contributed by atoms with Crippen LogP contribution in [0.15, 0.2) is 60.8 Å². The highest BCUT2D eigenvalue weighted by molar-refractivity contribution is 5.92. The fourth-order valence-corrected chi connectivity index (χ4v) is 2.32. The summed E-state index contributed by atoms with van der Waals surface area (Å²) in [5, 5.41) is 5.66. The Hall–Kier alpha value is -3.48. The third-order valence-electron chi connectivity index (χ3n) is 3.64. The van der Waals surface area contributed by atoms with Gasteiger partial charge in [-0.15, -0.1) is 0 Å². The average Bonchev–Trinajstić information content (AvgIpc) is 2.68. The molecule has 0 saturated heterocycles. The Kier molecular flexibility index (Phi) is 5.38. The number of aromatic nitrogens is 2. The van der Waals surface area contributed by atoms with Crippen molar-refractivity contribution in [1.29, 1.82) is 0 Å². The van der Waals surface area contributed by atoms with Crippen LogP contribution < -0.4 is 15.4 Å². The molecule has 0 saturated carbocycles. The number of hydrogen-bond donors (Lipinski definition) is 2. The summed E-state index contributed by atoms with van der Waals surface area (Å²) in [5.74, 6) is 0.103. The zero-order valence-corrected chi connectivity index (χ0v) is 14.1. The molecule has 1 aromatic heterocycles. The third kappa shape index (κ3) is 4.13. The maximum Gasteiger partial charge on any atom is 0.270 e. The second kappa shape index (κ2) is 8.06. The Bertz CT molecular complexity index is 917. The first kappa shape index (κ1) is 17.3. The molecule has 0 aliphatic carbocycles. The summed E-state index contributed by atoms with van der Waals surface area (Å²) in [7, 11) is 1.56. The van der Waals surface area contributed by atoms with Crippen molar-refractivity contribution < 1.29 is 13.9 Å². The molecule has 6 nitrogen and oxygen atoms in total. The molecule has 7 heteroatoms. The van der Waals surface area contributed by atoms with Gasteiger partial charge in [-0.25, -0.2) is 14.4 Å². The van der Waals surface area contributed by atoms with Crippen LogP contribution in [0.2, 0.25) is 0 Å². The van der Waals surface area contributed by atoms with Crippen LogP contribution in [-0.4, -0.2) is 23.0 Å². The van der Waals surface area contributed by atoms with E-state index in [4.69, 9.17) is 4.74 Å². The summed E-state index contributed by atoms with van der Waals surface area (Å²) in [6.07, 6.45) is 1.47. The van der Waals surface area contributed by atoms with Crippen molar-refractivity contribution in [1.82, 2.24) is 15.3 Å². The number of nitrogens with zero attached hydrogens (tertiary/aromatic N) is 2. The summed E-state index contributed by atoms with van der Waals surface area (Å²) < 4.78 is 18.9. The Labute approximate surface area is 150 Å². The molecule has 0 radical (unpaired) electrons. The lowest BCUT2D eigenvalue weighted by atomic mass is 10.2. The van der Waals surface area contributed by atoms with E-state index in [-0.39, 0.29) is 24.0 Å². The van der Waals surface area contributed by atoms with Gasteiger partial charge in [0.1, 0.15) is 17.3 Å². The fraction of sp³-hybridized carbons (Fsp3) is 0.105. The van der Waals surface area contributed by atoms with Gasteiger partial charge in [0.25, 0.3) is 5.91 Å². The van der Waals surface area contributed by atoms with Crippen molar-refractivity contribution >= 4 is 17.5 Å². The number of carbonyl (C=O) groups is 1. The van der Waals surface area contributed by atoms with Gasteiger partial charge in [0.15, 0.2) is 0 Å². The average molecular weight is 352 g/mol. The molecule has 3 rings (SSSR count). The quantitative estimate of drug-likeness (QED) is 0.712. The van der Waals surface area contributed by atoms with Gasteiger partial charge in [0, 0.05) is 18.3 Å². The highest BCUT2D eigenvalue weighted by Gasteiger charge is 2.11. The summed E-state index contributed by atoms with van der Waals surface area (Å²) in [6, 6.07) is 15.1. The number of amides is 1. The first-order valence-corrected chi connectivity index (χ1v) is 7.92. The lowest BCUT2D eigenvalue weighted by Gasteiger charge is -2.10. The third-order valence-corrected chi connectivity index (χ3v) is 3.64. The van der Waals surface area contributed by atoms with Crippen molar-refractivity contribution in [3.8, 4) is 5.75 Å². The van der Waals surface area contributed by atoms with Crippen LogP contribution >= 0.6 is 0 Å². The van der Waals surface area contributed by atoms with Crippen molar-refractivity contribution in [3.63, 3.8) is 0 Å². The molecule has 0 aliphatic rings. The largest absolute Gasteiger partial charge is 0.495 e. The van der Waals surface area contributed by atoms with Crippen LogP contribution in [0.5, 0.6) is 5.75 Å². The summed E-state index contributed by atoms with van der Waals surface area (Å²) in [4.78, 5) is 20.6. The summed E-state index contributed by atoms with van der Waals surface area (Å²) >= 11 is 0. The molecule has 1 heterocycles.